The van der Waals surface area contributed by atoms with Crippen molar-refractivity contribution < 1.29 is 9.47 Å². The second kappa shape index (κ2) is 6.79. The molecule has 4 aromatic rings. The molecule has 0 saturated carbocycles. The molecule has 0 bridgehead atoms. The molecule has 1 aliphatic heterocycles. The summed E-state index contributed by atoms with van der Waals surface area (Å²) in [7, 11) is 0. The normalized spacial score (nSPS) is 19.7. The second-order valence-corrected chi connectivity index (χ2v) is 6.94. The highest BCUT2D eigenvalue weighted by Gasteiger charge is 2.28. The zero-order valence-corrected chi connectivity index (χ0v) is 15.2. The first-order valence-corrected chi connectivity index (χ1v) is 9.26. The van der Waals surface area contributed by atoms with Crippen molar-refractivity contribution >= 4 is 33.5 Å². The van der Waals surface area contributed by atoms with Crippen LogP contribution in [0.1, 0.15) is 19.1 Å². The molecule has 0 spiro atoms. The summed E-state index contributed by atoms with van der Waals surface area (Å²) in [5.41, 5.74) is 1.72. The number of hydrogen-bond acceptors (Lipinski definition) is 5. The van der Waals surface area contributed by atoms with Crippen molar-refractivity contribution in [1.82, 2.24) is 19.5 Å². The predicted molar refractivity (Wildman–Crippen MR) is 103 cm³/mol. The topological polar surface area (TPSA) is 62.1 Å². The molecular weight excluding hydrogens is 364 g/mol. The van der Waals surface area contributed by atoms with Crippen molar-refractivity contribution in [3.8, 4) is 5.75 Å². The molecule has 27 heavy (non-hydrogen) atoms. The van der Waals surface area contributed by atoms with Gasteiger partial charge in [-0.15, -0.1) is 0 Å². The quantitative estimate of drug-likeness (QED) is 0.491. The largest absolute Gasteiger partial charge is 0.491 e. The number of nitrogens with zero attached hydrogens (tertiary/aromatic N) is 4. The molecule has 0 radical (unpaired) electrons. The second-order valence-electron chi connectivity index (χ2n) is 6.58. The van der Waals surface area contributed by atoms with Gasteiger partial charge in [0.2, 0.25) is 0 Å². The van der Waals surface area contributed by atoms with Gasteiger partial charge in [-0.2, -0.15) is 0 Å². The highest BCUT2D eigenvalue weighted by atomic mass is 35.5. The standard InChI is InChI=1S/C20H17ClN4O2/c21-19-16-7-9-25(20(16)24-12-23-19)18-6-5-15(27-18)11-26-14-4-3-13-2-1-8-22-17(13)10-14/h1-4,7-10,12,15,18H,5-6,11H2/t15-,18+/m0/s1. The summed E-state index contributed by atoms with van der Waals surface area (Å²) >= 11 is 6.13. The fraction of sp³-hybridized carbons (Fsp3) is 0.250. The van der Waals surface area contributed by atoms with Crippen LogP contribution in [-0.2, 0) is 4.74 Å². The highest BCUT2D eigenvalue weighted by molar-refractivity contribution is 6.33. The van der Waals surface area contributed by atoms with E-state index in [-0.39, 0.29) is 12.3 Å². The third kappa shape index (κ3) is 3.11. The van der Waals surface area contributed by atoms with E-state index < -0.39 is 0 Å². The van der Waals surface area contributed by atoms with Crippen LogP contribution >= 0.6 is 11.6 Å². The Morgan fingerprint density at radius 3 is 3.07 bits per heavy atom. The summed E-state index contributed by atoms with van der Waals surface area (Å²) in [6, 6.07) is 11.8. The lowest BCUT2D eigenvalue weighted by Gasteiger charge is -2.16. The average molecular weight is 381 g/mol. The van der Waals surface area contributed by atoms with Crippen molar-refractivity contribution in [3.05, 3.63) is 60.3 Å². The maximum absolute atomic E-state index is 6.18. The molecule has 0 amide bonds. The van der Waals surface area contributed by atoms with Gasteiger partial charge in [-0.25, -0.2) is 9.97 Å². The van der Waals surface area contributed by atoms with Crippen molar-refractivity contribution in [3.63, 3.8) is 0 Å². The van der Waals surface area contributed by atoms with Crippen molar-refractivity contribution in [1.29, 1.82) is 0 Å². The zero-order chi connectivity index (χ0) is 18.2. The van der Waals surface area contributed by atoms with Crippen molar-refractivity contribution in [2.75, 3.05) is 6.61 Å². The van der Waals surface area contributed by atoms with Gasteiger partial charge in [-0.05, 0) is 37.1 Å². The summed E-state index contributed by atoms with van der Waals surface area (Å²) in [4.78, 5) is 12.7. The van der Waals surface area contributed by atoms with Gasteiger partial charge >= 0.3 is 0 Å². The molecule has 3 aromatic heterocycles. The van der Waals surface area contributed by atoms with Gasteiger partial charge < -0.3 is 14.0 Å². The molecule has 7 heteroatoms. The van der Waals surface area contributed by atoms with E-state index >= 15 is 0 Å². The molecule has 1 aliphatic rings. The fourth-order valence-corrected chi connectivity index (χ4v) is 3.70. The molecule has 2 atom stereocenters. The van der Waals surface area contributed by atoms with E-state index in [2.05, 4.69) is 15.0 Å². The molecule has 5 rings (SSSR count). The van der Waals surface area contributed by atoms with E-state index in [0.717, 1.165) is 40.5 Å². The minimum Gasteiger partial charge on any atom is -0.491 e. The van der Waals surface area contributed by atoms with Crippen LogP contribution < -0.4 is 4.74 Å². The van der Waals surface area contributed by atoms with E-state index in [9.17, 15) is 0 Å². The number of ether oxygens (including phenoxy) is 2. The van der Waals surface area contributed by atoms with Crippen LogP contribution in [0.5, 0.6) is 5.75 Å². The lowest BCUT2D eigenvalue weighted by atomic mass is 10.2. The average Bonchev–Trinajstić information content (AvgIpc) is 3.33. The van der Waals surface area contributed by atoms with Crippen molar-refractivity contribution in [2.24, 2.45) is 0 Å². The first-order chi connectivity index (χ1) is 13.3. The Kier molecular flexibility index (Phi) is 4.14. The van der Waals surface area contributed by atoms with Crippen LogP contribution in [0.2, 0.25) is 5.15 Å². The molecule has 0 aliphatic carbocycles. The first kappa shape index (κ1) is 16.5. The molecule has 0 unspecified atom stereocenters. The van der Waals surface area contributed by atoms with E-state index in [1.807, 2.05) is 47.2 Å². The van der Waals surface area contributed by atoms with Crippen LogP contribution in [0.3, 0.4) is 0 Å². The summed E-state index contributed by atoms with van der Waals surface area (Å²) in [6.45, 7) is 0.504. The maximum atomic E-state index is 6.18. The predicted octanol–water partition coefficient (Wildman–Crippen LogP) is 4.39. The minimum atomic E-state index is -0.0691. The van der Waals surface area contributed by atoms with Gasteiger partial charge in [0.15, 0.2) is 0 Å². The number of hydrogen-bond donors (Lipinski definition) is 0. The third-order valence-corrected chi connectivity index (χ3v) is 5.17. The number of rotatable bonds is 4. The summed E-state index contributed by atoms with van der Waals surface area (Å²) in [5.74, 6) is 0.805. The monoisotopic (exact) mass is 380 g/mol. The van der Waals surface area contributed by atoms with Gasteiger partial charge in [-0.3, -0.25) is 4.98 Å². The Balaban J connectivity index is 1.27. The Morgan fingerprint density at radius 2 is 2.11 bits per heavy atom. The molecular formula is C20H17ClN4O2. The SMILES string of the molecule is Clc1ncnc2c1ccn2[C@H]1CC[C@@H](COc2ccc3cccnc3c2)O1. The Morgan fingerprint density at radius 1 is 1.15 bits per heavy atom. The smallest absolute Gasteiger partial charge is 0.146 e. The lowest BCUT2D eigenvalue weighted by Crippen LogP contribution is -2.18. The molecule has 4 heterocycles. The van der Waals surface area contributed by atoms with Gasteiger partial charge in [0.05, 0.1) is 17.0 Å². The highest BCUT2D eigenvalue weighted by Crippen LogP contribution is 2.32. The number of aromatic nitrogens is 4. The maximum Gasteiger partial charge on any atom is 0.146 e. The molecule has 1 fully saturated rings. The Labute approximate surface area is 160 Å². The van der Waals surface area contributed by atoms with Crippen LogP contribution in [0, 0.1) is 0 Å². The van der Waals surface area contributed by atoms with E-state index in [1.165, 1.54) is 6.33 Å². The Hall–Kier alpha value is -2.70. The summed E-state index contributed by atoms with van der Waals surface area (Å²) in [6.07, 6.45) is 7.00. The minimum absolute atomic E-state index is 0.0317. The van der Waals surface area contributed by atoms with E-state index in [4.69, 9.17) is 21.1 Å². The van der Waals surface area contributed by atoms with Gasteiger partial charge in [-0.1, -0.05) is 17.7 Å². The number of fused-ring (bicyclic) bond motifs is 2. The fourth-order valence-electron chi connectivity index (χ4n) is 3.51. The first-order valence-electron chi connectivity index (χ1n) is 8.88. The van der Waals surface area contributed by atoms with Crippen LogP contribution in [0.25, 0.3) is 21.9 Å². The van der Waals surface area contributed by atoms with Gasteiger partial charge in [0, 0.05) is 23.8 Å². The molecule has 6 nitrogen and oxygen atoms in total. The van der Waals surface area contributed by atoms with E-state index in [1.54, 1.807) is 6.20 Å². The third-order valence-electron chi connectivity index (χ3n) is 4.87. The van der Waals surface area contributed by atoms with Crippen LogP contribution in [0.4, 0.5) is 0 Å². The molecule has 1 aromatic carbocycles. The van der Waals surface area contributed by atoms with Crippen molar-refractivity contribution in [2.45, 2.75) is 25.2 Å². The molecule has 0 N–H and O–H groups in total. The summed E-state index contributed by atoms with van der Waals surface area (Å²) in [5, 5.41) is 2.40. The van der Waals surface area contributed by atoms with Crippen LogP contribution in [-0.4, -0.2) is 32.2 Å². The molecule has 1 saturated heterocycles. The molecule has 136 valence electrons. The number of halogens is 1. The lowest BCUT2D eigenvalue weighted by molar-refractivity contribution is -0.0156. The Bertz CT molecular complexity index is 1110. The van der Waals surface area contributed by atoms with Gasteiger partial charge in [0.25, 0.3) is 0 Å². The summed E-state index contributed by atoms with van der Waals surface area (Å²) < 4.78 is 14.1. The van der Waals surface area contributed by atoms with E-state index in [0.29, 0.717) is 11.8 Å². The van der Waals surface area contributed by atoms with Crippen LogP contribution in [0.15, 0.2) is 55.1 Å². The zero-order valence-electron chi connectivity index (χ0n) is 14.5. The number of benzene rings is 1. The van der Waals surface area contributed by atoms with Gasteiger partial charge in [0.1, 0.15) is 35.7 Å². The number of pyridine rings is 1.